The average molecular weight is 272 g/mol. The minimum Gasteiger partial charge on any atom is -0.313 e. The predicted molar refractivity (Wildman–Crippen MR) is 68.8 cm³/mol. The summed E-state index contributed by atoms with van der Waals surface area (Å²) in [6.07, 6.45) is 3.32. The maximum Gasteiger partial charge on any atom is 0.246 e. The molecule has 1 unspecified atom stereocenters. The number of hydrogen-bond donors (Lipinski definition) is 2. The van der Waals surface area contributed by atoms with Gasteiger partial charge in [0, 0.05) is 19.1 Å². The van der Waals surface area contributed by atoms with Gasteiger partial charge in [-0.25, -0.2) is 8.42 Å². The van der Waals surface area contributed by atoms with E-state index in [1.54, 1.807) is 11.2 Å². The van der Waals surface area contributed by atoms with Crippen molar-refractivity contribution in [2.75, 3.05) is 19.6 Å². The number of nitrogens with one attached hydrogen (secondary N) is 2. The summed E-state index contributed by atoms with van der Waals surface area (Å²) in [6, 6.07) is 0.255. The highest BCUT2D eigenvalue weighted by Crippen LogP contribution is 2.21. The first-order chi connectivity index (χ1) is 8.55. The summed E-state index contributed by atoms with van der Waals surface area (Å²) in [4.78, 5) is 0.291. The minimum absolute atomic E-state index is 0.255. The molecule has 1 aromatic rings. The first-order valence-corrected chi connectivity index (χ1v) is 7.73. The standard InChI is InChI=1S/C11H20N4O2S/c1-3-12-10-5-4-6-15(8-10)18(16,17)11-7-13-14-9(11)2/h7,10,12H,3-6,8H2,1-2H3,(H,13,14). The highest BCUT2D eigenvalue weighted by atomic mass is 32.2. The van der Waals surface area contributed by atoms with Gasteiger partial charge in [0.2, 0.25) is 10.0 Å². The molecule has 0 aromatic carbocycles. The van der Waals surface area contributed by atoms with E-state index in [9.17, 15) is 8.42 Å². The van der Waals surface area contributed by atoms with E-state index in [1.807, 2.05) is 6.92 Å². The molecule has 0 bridgehead atoms. The van der Waals surface area contributed by atoms with Crippen molar-refractivity contribution in [3.63, 3.8) is 0 Å². The second-order valence-electron chi connectivity index (χ2n) is 4.62. The SMILES string of the molecule is CCNC1CCCN(S(=O)(=O)c2cn[nH]c2C)C1. The quantitative estimate of drug-likeness (QED) is 0.835. The van der Waals surface area contributed by atoms with E-state index in [-0.39, 0.29) is 6.04 Å². The molecule has 2 rings (SSSR count). The maximum atomic E-state index is 12.5. The van der Waals surface area contributed by atoms with Crippen LogP contribution in [0.1, 0.15) is 25.5 Å². The van der Waals surface area contributed by atoms with Crippen LogP contribution in [-0.4, -0.2) is 48.6 Å². The smallest absolute Gasteiger partial charge is 0.246 e. The second kappa shape index (κ2) is 5.38. The first-order valence-electron chi connectivity index (χ1n) is 6.29. The van der Waals surface area contributed by atoms with E-state index < -0.39 is 10.0 Å². The second-order valence-corrected chi connectivity index (χ2v) is 6.53. The fourth-order valence-electron chi connectivity index (χ4n) is 2.35. The summed E-state index contributed by atoms with van der Waals surface area (Å²) in [6.45, 7) is 5.76. The lowest BCUT2D eigenvalue weighted by molar-refractivity contribution is 0.286. The van der Waals surface area contributed by atoms with Crippen LogP contribution in [0, 0.1) is 6.92 Å². The molecule has 18 heavy (non-hydrogen) atoms. The van der Waals surface area contributed by atoms with Gasteiger partial charge in [0.25, 0.3) is 0 Å². The van der Waals surface area contributed by atoms with Gasteiger partial charge in [-0.2, -0.15) is 9.40 Å². The Morgan fingerprint density at radius 3 is 3.00 bits per heavy atom. The number of H-pyrrole nitrogens is 1. The molecule has 0 saturated carbocycles. The predicted octanol–water partition coefficient (Wildman–Crippen LogP) is 0.481. The van der Waals surface area contributed by atoms with Crippen molar-refractivity contribution in [3.05, 3.63) is 11.9 Å². The van der Waals surface area contributed by atoms with Gasteiger partial charge in [0.15, 0.2) is 0 Å². The van der Waals surface area contributed by atoms with E-state index in [2.05, 4.69) is 15.5 Å². The molecule has 1 saturated heterocycles. The number of aromatic amines is 1. The van der Waals surface area contributed by atoms with E-state index in [1.165, 1.54) is 6.20 Å². The average Bonchev–Trinajstić information content (AvgIpc) is 2.77. The third kappa shape index (κ3) is 2.57. The van der Waals surface area contributed by atoms with Gasteiger partial charge in [-0.1, -0.05) is 6.92 Å². The molecular formula is C11H20N4O2S. The van der Waals surface area contributed by atoms with Crippen LogP contribution in [0.15, 0.2) is 11.1 Å². The Hall–Kier alpha value is -0.920. The van der Waals surface area contributed by atoms with Crippen LogP contribution in [0.5, 0.6) is 0 Å². The molecule has 1 aliphatic rings. The van der Waals surface area contributed by atoms with E-state index in [4.69, 9.17) is 0 Å². The first kappa shape index (κ1) is 13.5. The van der Waals surface area contributed by atoms with Crippen LogP contribution in [0.4, 0.5) is 0 Å². The van der Waals surface area contributed by atoms with Crippen molar-refractivity contribution in [1.82, 2.24) is 19.8 Å². The lowest BCUT2D eigenvalue weighted by Gasteiger charge is -2.32. The number of rotatable bonds is 4. The zero-order valence-corrected chi connectivity index (χ0v) is 11.6. The Morgan fingerprint density at radius 2 is 2.39 bits per heavy atom. The summed E-state index contributed by atoms with van der Waals surface area (Å²) in [5, 5.41) is 9.79. The molecule has 1 fully saturated rings. The fraction of sp³-hybridized carbons (Fsp3) is 0.727. The number of sulfonamides is 1. The Bertz CT molecular complexity index is 495. The third-order valence-corrected chi connectivity index (χ3v) is 5.26. The number of likely N-dealkylation sites (N-methyl/N-ethyl adjacent to an activating group) is 1. The van der Waals surface area contributed by atoms with Crippen LogP contribution in [0.25, 0.3) is 0 Å². The topological polar surface area (TPSA) is 78.1 Å². The lowest BCUT2D eigenvalue weighted by atomic mass is 10.1. The molecule has 102 valence electrons. The van der Waals surface area contributed by atoms with Crippen molar-refractivity contribution in [2.24, 2.45) is 0 Å². The summed E-state index contributed by atoms with van der Waals surface area (Å²) in [5.74, 6) is 0. The van der Waals surface area contributed by atoms with Crippen LogP contribution < -0.4 is 5.32 Å². The van der Waals surface area contributed by atoms with Crippen molar-refractivity contribution >= 4 is 10.0 Å². The van der Waals surface area contributed by atoms with Crippen molar-refractivity contribution < 1.29 is 8.42 Å². The maximum absolute atomic E-state index is 12.5. The summed E-state index contributed by atoms with van der Waals surface area (Å²) in [5.41, 5.74) is 0.598. The highest BCUT2D eigenvalue weighted by molar-refractivity contribution is 7.89. The van der Waals surface area contributed by atoms with Gasteiger partial charge in [-0.3, -0.25) is 5.10 Å². The molecule has 7 heteroatoms. The summed E-state index contributed by atoms with van der Waals surface area (Å²) < 4.78 is 26.5. The Morgan fingerprint density at radius 1 is 1.61 bits per heavy atom. The van der Waals surface area contributed by atoms with Gasteiger partial charge < -0.3 is 5.32 Å². The minimum atomic E-state index is -3.40. The Labute approximate surface area is 108 Å². The van der Waals surface area contributed by atoms with Gasteiger partial charge in [0.1, 0.15) is 4.90 Å². The molecule has 0 spiro atoms. The normalized spacial score (nSPS) is 22.2. The van der Waals surface area contributed by atoms with Gasteiger partial charge >= 0.3 is 0 Å². The van der Waals surface area contributed by atoms with E-state index in [0.717, 1.165) is 19.4 Å². The van der Waals surface area contributed by atoms with Crippen LogP contribution in [0.3, 0.4) is 0 Å². The molecular weight excluding hydrogens is 252 g/mol. The monoisotopic (exact) mass is 272 g/mol. The third-order valence-electron chi connectivity index (χ3n) is 3.28. The summed E-state index contributed by atoms with van der Waals surface area (Å²) >= 11 is 0. The van der Waals surface area contributed by atoms with Crippen molar-refractivity contribution in [3.8, 4) is 0 Å². The van der Waals surface area contributed by atoms with Gasteiger partial charge in [-0.15, -0.1) is 0 Å². The number of aryl methyl sites for hydroxylation is 1. The number of piperidine rings is 1. The molecule has 1 aromatic heterocycles. The van der Waals surface area contributed by atoms with Gasteiger partial charge in [-0.05, 0) is 26.3 Å². The van der Waals surface area contributed by atoms with Crippen LogP contribution >= 0.6 is 0 Å². The zero-order valence-electron chi connectivity index (χ0n) is 10.8. The number of hydrogen-bond acceptors (Lipinski definition) is 4. The lowest BCUT2D eigenvalue weighted by Crippen LogP contribution is -2.47. The largest absolute Gasteiger partial charge is 0.313 e. The highest BCUT2D eigenvalue weighted by Gasteiger charge is 2.31. The molecule has 0 amide bonds. The van der Waals surface area contributed by atoms with E-state index in [0.29, 0.717) is 23.7 Å². The van der Waals surface area contributed by atoms with Crippen molar-refractivity contribution in [1.29, 1.82) is 0 Å². The number of nitrogens with zero attached hydrogens (tertiary/aromatic N) is 2. The van der Waals surface area contributed by atoms with Crippen LogP contribution in [-0.2, 0) is 10.0 Å². The molecule has 2 heterocycles. The number of aromatic nitrogens is 2. The van der Waals surface area contributed by atoms with E-state index >= 15 is 0 Å². The summed E-state index contributed by atoms with van der Waals surface area (Å²) in [7, 11) is -3.40. The molecule has 1 atom stereocenters. The van der Waals surface area contributed by atoms with Crippen molar-refractivity contribution in [2.45, 2.75) is 37.6 Å². The Balaban J connectivity index is 2.18. The Kier molecular flexibility index (Phi) is 4.04. The van der Waals surface area contributed by atoms with Gasteiger partial charge in [0.05, 0.1) is 11.9 Å². The zero-order chi connectivity index (χ0) is 13.2. The fourth-order valence-corrected chi connectivity index (χ4v) is 4.00. The molecule has 0 radical (unpaired) electrons. The molecule has 2 N–H and O–H groups in total. The molecule has 6 nitrogen and oxygen atoms in total. The molecule has 1 aliphatic heterocycles. The van der Waals surface area contributed by atoms with Crippen LogP contribution in [0.2, 0.25) is 0 Å². The molecule has 0 aliphatic carbocycles.